The topological polar surface area (TPSA) is 66.9 Å². The van der Waals surface area contributed by atoms with Crippen molar-refractivity contribution in [2.24, 2.45) is 5.92 Å². The average molecular weight is 389 g/mol. The van der Waals surface area contributed by atoms with Gasteiger partial charge in [-0.1, -0.05) is 18.5 Å². The molecule has 2 rings (SSSR count). The van der Waals surface area contributed by atoms with Gasteiger partial charge in [-0.2, -0.15) is 0 Å². The fraction of sp³-hybridized carbons (Fsp3) is 0.588. The molecule has 1 aliphatic rings. The minimum absolute atomic E-state index is 0.209. The first-order valence-corrected chi connectivity index (χ1v) is 10.5. The van der Waals surface area contributed by atoms with Gasteiger partial charge in [0.2, 0.25) is 15.9 Å². The molecule has 1 aliphatic heterocycles. The third-order valence-electron chi connectivity index (χ3n) is 4.41. The number of methoxy groups -OCH3 is 1. The van der Waals surface area contributed by atoms with Crippen molar-refractivity contribution >= 4 is 33.2 Å². The van der Waals surface area contributed by atoms with Crippen molar-refractivity contribution in [2.45, 2.75) is 32.7 Å². The Hall–Kier alpha value is -1.47. The molecule has 0 radical (unpaired) electrons. The number of rotatable bonds is 5. The van der Waals surface area contributed by atoms with Crippen LogP contribution in [0.2, 0.25) is 5.02 Å². The molecule has 8 heteroatoms. The molecule has 1 fully saturated rings. The number of sulfonamides is 1. The lowest BCUT2D eigenvalue weighted by Gasteiger charge is -2.36. The van der Waals surface area contributed by atoms with E-state index in [1.54, 1.807) is 24.0 Å². The van der Waals surface area contributed by atoms with Crippen molar-refractivity contribution in [3.8, 4) is 5.75 Å². The van der Waals surface area contributed by atoms with Crippen molar-refractivity contribution in [3.63, 3.8) is 0 Å². The van der Waals surface area contributed by atoms with Gasteiger partial charge >= 0.3 is 0 Å². The van der Waals surface area contributed by atoms with Crippen LogP contribution in [0.25, 0.3) is 0 Å². The summed E-state index contributed by atoms with van der Waals surface area (Å²) in [6, 6.07) is 3.83. The molecule has 140 valence electrons. The Morgan fingerprint density at radius 3 is 2.68 bits per heavy atom. The number of halogens is 1. The van der Waals surface area contributed by atoms with Crippen LogP contribution in [-0.4, -0.2) is 51.7 Å². The van der Waals surface area contributed by atoms with Crippen molar-refractivity contribution in [2.75, 3.05) is 30.8 Å². The SMILES string of the molecule is COc1ccc(Cl)cc1N([C@@H](C)C(=O)N1CCC[C@@H](C)C1)S(C)(=O)=O. The van der Waals surface area contributed by atoms with Crippen molar-refractivity contribution in [1.29, 1.82) is 0 Å². The quantitative estimate of drug-likeness (QED) is 0.777. The van der Waals surface area contributed by atoms with Crippen LogP contribution >= 0.6 is 11.6 Å². The van der Waals surface area contributed by atoms with Crippen LogP contribution in [0.3, 0.4) is 0 Å². The summed E-state index contributed by atoms with van der Waals surface area (Å²) in [5, 5.41) is 0.371. The number of amides is 1. The maximum atomic E-state index is 12.9. The number of anilines is 1. The molecule has 25 heavy (non-hydrogen) atoms. The predicted molar refractivity (Wildman–Crippen MR) is 99.8 cm³/mol. The number of hydrogen-bond donors (Lipinski definition) is 0. The minimum Gasteiger partial charge on any atom is -0.495 e. The van der Waals surface area contributed by atoms with Gasteiger partial charge in [0.1, 0.15) is 11.8 Å². The molecule has 1 amide bonds. The summed E-state index contributed by atoms with van der Waals surface area (Å²) >= 11 is 6.05. The molecule has 0 aromatic heterocycles. The first kappa shape index (κ1) is 19.8. The van der Waals surface area contributed by atoms with Crippen LogP contribution in [0.4, 0.5) is 5.69 Å². The van der Waals surface area contributed by atoms with E-state index in [1.165, 1.54) is 13.2 Å². The maximum Gasteiger partial charge on any atom is 0.246 e. The highest BCUT2D eigenvalue weighted by Crippen LogP contribution is 2.34. The van der Waals surface area contributed by atoms with Crippen LogP contribution in [0.1, 0.15) is 26.7 Å². The largest absolute Gasteiger partial charge is 0.495 e. The number of carbonyl (C=O) groups is 1. The number of piperidine rings is 1. The summed E-state index contributed by atoms with van der Waals surface area (Å²) in [5.41, 5.74) is 0.267. The number of benzene rings is 1. The lowest BCUT2D eigenvalue weighted by molar-refractivity contribution is -0.133. The Labute approximate surface area is 154 Å². The first-order valence-electron chi connectivity index (χ1n) is 8.27. The Kier molecular flexibility index (Phi) is 6.21. The highest BCUT2D eigenvalue weighted by atomic mass is 35.5. The Morgan fingerprint density at radius 1 is 1.44 bits per heavy atom. The molecular formula is C17H25ClN2O4S. The summed E-state index contributed by atoms with van der Waals surface area (Å²) in [7, 11) is -2.27. The van der Waals surface area contributed by atoms with Gasteiger partial charge in [0, 0.05) is 18.1 Å². The number of ether oxygens (including phenoxy) is 1. The lowest BCUT2D eigenvalue weighted by Crippen LogP contribution is -2.51. The molecule has 0 spiro atoms. The maximum absolute atomic E-state index is 12.9. The Bertz CT molecular complexity index is 738. The fourth-order valence-corrected chi connectivity index (χ4v) is 4.59. The molecule has 1 heterocycles. The molecule has 1 aromatic rings. The molecule has 0 bridgehead atoms. The summed E-state index contributed by atoms with van der Waals surface area (Å²) in [6.07, 6.45) is 3.09. The van der Waals surface area contributed by atoms with E-state index in [9.17, 15) is 13.2 Å². The van der Waals surface area contributed by atoms with E-state index in [-0.39, 0.29) is 11.6 Å². The zero-order valence-electron chi connectivity index (χ0n) is 15.0. The second-order valence-corrected chi connectivity index (χ2v) is 8.88. The van der Waals surface area contributed by atoms with Crippen LogP contribution in [0.15, 0.2) is 18.2 Å². The van der Waals surface area contributed by atoms with Gasteiger partial charge < -0.3 is 9.64 Å². The van der Waals surface area contributed by atoms with Crippen molar-refractivity contribution < 1.29 is 17.9 Å². The molecular weight excluding hydrogens is 364 g/mol. The van der Waals surface area contributed by atoms with E-state index in [1.807, 2.05) is 0 Å². The average Bonchev–Trinajstić information content (AvgIpc) is 2.53. The summed E-state index contributed by atoms with van der Waals surface area (Å²) < 4.78 is 31.3. The second kappa shape index (κ2) is 7.83. The molecule has 0 saturated carbocycles. The van der Waals surface area contributed by atoms with E-state index in [0.29, 0.717) is 29.8 Å². The summed E-state index contributed by atoms with van der Waals surface area (Å²) in [5.74, 6) is 0.554. The minimum atomic E-state index is -3.72. The molecule has 1 aromatic carbocycles. The highest BCUT2D eigenvalue weighted by molar-refractivity contribution is 7.92. The number of hydrogen-bond acceptors (Lipinski definition) is 4. The van der Waals surface area contributed by atoms with Gasteiger partial charge in [0.25, 0.3) is 0 Å². The monoisotopic (exact) mass is 388 g/mol. The first-order chi connectivity index (χ1) is 11.6. The van der Waals surface area contributed by atoms with E-state index < -0.39 is 16.1 Å². The summed E-state index contributed by atoms with van der Waals surface area (Å²) in [6.45, 7) is 4.99. The van der Waals surface area contributed by atoms with E-state index >= 15 is 0 Å². The smallest absolute Gasteiger partial charge is 0.246 e. The molecule has 0 N–H and O–H groups in total. The van der Waals surface area contributed by atoms with Crippen molar-refractivity contribution in [1.82, 2.24) is 4.90 Å². The second-order valence-electron chi connectivity index (χ2n) is 6.58. The fourth-order valence-electron chi connectivity index (χ4n) is 3.26. The molecule has 1 saturated heterocycles. The van der Waals surface area contributed by atoms with Gasteiger partial charge in [0.05, 0.1) is 19.1 Å². The van der Waals surface area contributed by atoms with E-state index in [2.05, 4.69) is 6.92 Å². The van der Waals surface area contributed by atoms with Gasteiger partial charge in [-0.3, -0.25) is 9.10 Å². The predicted octanol–water partition coefficient (Wildman–Crippen LogP) is 2.76. The number of nitrogens with zero attached hydrogens (tertiary/aromatic N) is 2. The van der Waals surface area contributed by atoms with Crippen LogP contribution in [0, 0.1) is 5.92 Å². The van der Waals surface area contributed by atoms with Crippen LogP contribution in [-0.2, 0) is 14.8 Å². The zero-order valence-corrected chi connectivity index (χ0v) is 16.6. The Morgan fingerprint density at radius 2 is 2.12 bits per heavy atom. The van der Waals surface area contributed by atoms with Gasteiger partial charge in [-0.15, -0.1) is 0 Å². The van der Waals surface area contributed by atoms with Gasteiger partial charge in [0.15, 0.2) is 0 Å². The third-order valence-corrected chi connectivity index (χ3v) is 5.88. The van der Waals surface area contributed by atoms with Crippen molar-refractivity contribution in [3.05, 3.63) is 23.2 Å². The molecule has 0 unspecified atom stereocenters. The number of carbonyl (C=O) groups excluding carboxylic acids is 1. The summed E-state index contributed by atoms with van der Waals surface area (Å²) in [4.78, 5) is 14.7. The number of likely N-dealkylation sites (tertiary alicyclic amines) is 1. The lowest BCUT2D eigenvalue weighted by atomic mass is 10.00. The van der Waals surface area contributed by atoms with Crippen LogP contribution in [0.5, 0.6) is 5.75 Å². The molecule has 2 atom stereocenters. The van der Waals surface area contributed by atoms with E-state index in [4.69, 9.17) is 16.3 Å². The standard InChI is InChI=1S/C17H25ClN2O4S/c1-12-6-5-9-19(11-12)17(21)13(2)20(25(4,22)23)15-10-14(18)7-8-16(15)24-3/h7-8,10,12-13H,5-6,9,11H2,1-4H3/t12-,13+/m1/s1. The highest BCUT2D eigenvalue weighted by Gasteiger charge is 2.35. The molecule has 6 nitrogen and oxygen atoms in total. The van der Waals surface area contributed by atoms with E-state index in [0.717, 1.165) is 23.4 Å². The molecule has 0 aliphatic carbocycles. The zero-order chi connectivity index (χ0) is 18.8. The van der Waals surface area contributed by atoms with Gasteiger partial charge in [-0.05, 0) is 43.9 Å². The normalized spacial score (nSPS) is 19.4. The third kappa shape index (κ3) is 4.58. The Balaban J connectivity index is 2.41. The van der Waals surface area contributed by atoms with Crippen LogP contribution < -0.4 is 9.04 Å². The van der Waals surface area contributed by atoms with Gasteiger partial charge in [-0.25, -0.2) is 8.42 Å².